The summed E-state index contributed by atoms with van der Waals surface area (Å²) in [7, 11) is 0. The van der Waals surface area contributed by atoms with E-state index in [2.05, 4.69) is 17.5 Å². The van der Waals surface area contributed by atoms with Crippen molar-refractivity contribution in [2.75, 3.05) is 0 Å². The minimum Gasteiger partial charge on any atom is -0.340 e. The van der Waals surface area contributed by atoms with Crippen molar-refractivity contribution in [1.29, 1.82) is 0 Å². The van der Waals surface area contributed by atoms with Gasteiger partial charge in [0.05, 0.1) is 0 Å². The SMILES string of the molecule is CC1C(=O)NC2(CCCCC2)C(=O)N1C1CC=CC1. The van der Waals surface area contributed by atoms with Crippen molar-refractivity contribution in [1.82, 2.24) is 10.2 Å². The summed E-state index contributed by atoms with van der Waals surface area (Å²) in [5.41, 5.74) is -0.593. The van der Waals surface area contributed by atoms with Crippen LogP contribution in [0.15, 0.2) is 12.2 Å². The number of rotatable bonds is 1. The predicted molar refractivity (Wildman–Crippen MR) is 72.4 cm³/mol. The van der Waals surface area contributed by atoms with Gasteiger partial charge in [-0.25, -0.2) is 0 Å². The predicted octanol–water partition coefficient (Wildman–Crippen LogP) is 1.75. The van der Waals surface area contributed by atoms with Crippen molar-refractivity contribution in [2.45, 2.75) is 69.5 Å². The molecule has 0 aromatic carbocycles. The Bertz CT molecular complexity index is 416. The van der Waals surface area contributed by atoms with Gasteiger partial charge >= 0.3 is 0 Å². The Balaban J connectivity index is 1.88. The van der Waals surface area contributed by atoms with Gasteiger partial charge in [-0.1, -0.05) is 31.4 Å². The van der Waals surface area contributed by atoms with Gasteiger partial charge in [0, 0.05) is 6.04 Å². The van der Waals surface area contributed by atoms with Gasteiger partial charge in [-0.05, 0) is 32.6 Å². The molecular weight excluding hydrogens is 240 g/mol. The third-order valence-corrected chi connectivity index (χ3v) is 4.89. The van der Waals surface area contributed by atoms with Gasteiger partial charge in [0.25, 0.3) is 0 Å². The number of amides is 2. The molecule has 2 aliphatic carbocycles. The highest BCUT2D eigenvalue weighted by Crippen LogP contribution is 2.35. The topological polar surface area (TPSA) is 49.4 Å². The maximum Gasteiger partial charge on any atom is 0.249 e. The Hall–Kier alpha value is -1.32. The lowest BCUT2D eigenvalue weighted by Crippen LogP contribution is -2.71. The lowest BCUT2D eigenvalue weighted by molar-refractivity contribution is -0.158. The van der Waals surface area contributed by atoms with E-state index in [-0.39, 0.29) is 23.9 Å². The van der Waals surface area contributed by atoms with E-state index in [0.29, 0.717) is 0 Å². The Morgan fingerprint density at radius 2 is 1.79 bits per heavy atom. The van der Waals surface area contributed by atoms with Crippen LogP contribution in [0.2, 0.25) is 0 Å². The molecule has 1 spiro atoms. The molecule has 0 aromatic rings. The third-order valence-electron chi connectivity index (χ3n) is 4.89. The van der Waals surface area contributed by atoms with Gasteiger partial charge in [0.1, 0.15) is 11.6 Å². The number of nitrogens with one attached hydrogen (secondary N) is 1. The molecule has 4 nitrogen and oxygen atoms in total. The number of piperazine rings is 1. The summed E-state index contributed by atoms with van der Waals surface area (Å²) in [6.07, 6.45) is 10.9. The van der Waals surface area contributed by atoms with Crippen molar-refractivity contribution in [3.8, 4) is 0 Å². The lowest BCUT2D eigenvalue weighted by atomic mass is 9.78. The molecule has 3 aliphatic rings. The maximum atomic E-state index is 12.9. The molecule has 1 heterocycles. The average Bonchev–Trinajstić information content (AvgIpc) is 2.92. The monoisotopic (exact) mass is 262 g/mol. The van der Waals surface area contributed by atoms with Gasteiger partial charge in [-0.15, -0.1) is 0 Å². The fourth-order valence-electron chi connectivity index (χ4n) is 3.75. The molecule has 1 saturated carbocycles. The summed E-state index contributed by atoms with van der Waals surface area (Å²) in [6, 6.07) is -0.141. The van der Waals surface area contributed by atoms with Crippen LogP contribution in [0, 0.1) is 0 Å². The van der Waals surface area contributed by atoms with Crippen LogP contribution in [0.1, 0.15) is 51.9 Å². The van der Waals surface area contributed by atoms with Crippen LogP contribution in [0.3, 0.4) is 0 Å². The molecule has 1 N–H and O–H groups in total. The quantitative estimate of drug-likeness (QED) is 0.732. The van der Waals surface area contributed by atoms with Gasteiger partial charge in [0.2, 0.25) is 11.8 Å². The molecular formula is C15H22N2O2. The first kappa shape index (κ1) is 12.7. The largest absolute Gasteiger partial charge is 0.340 e. The molecule has 2 fully saturated rings. The standard InChI is InChI=1S/C15H22N2O2/c1-11-13(18)16-15(9-5-2-6-10-15)14(19)17(11)12-7-3-4-8-12/h3-4,11-12H,2,5-10H2,1H3,(H,16,18). The van der Waals surface area contributed by atoms with Crippen LogP contribution in [0.4, 0.5) is 0 Å². The van der Waals surface area contributed by atoms with Crippen LogP contribution in [-0.2, 0) is 9.59 Å². The highest BCUT2D eigenvalue weighted by Gasteiger charge is 2.51. The highest BCUT2D eigenvalue weighted by atomic mass is 16.2. The van der Waals surface area contributed by atoms with Crippen molar-refractivity contribution in [3.05, 3.63) is 12.2 Å². The summed E-state index contributed by atoms with van der Waals surface area (Å²) in [6.45, 7) is 1.85. The normalized spacial score (nSPS) is 31.0. The molecule has 0 aromatic heterocycles. The second-order valence-corrected chi connectivity index (χ2v) is 6.12. The molecule has 0 radical (unpaired) electrons. The Labute approximate surface area is 114 Å². The Morgan fingerprint density at radius 3 is 2.42 bits per heavy atom. The van der Waals surface area contributed by atoms with Crippen molar-refractivity contribution in [3.63, 3.8) is 0 Å². The Kier molecular flexibility index (Phi) is 3.11. The molecule has 1 atom stereocenters. The molecule has 104 valence electrons. The van der Waals surface area contributed by atoms with E-state index in [0.717, 1.165) is 38.5 Å². The average molecular weight is 262 g/mol. The summed E-state index contributed by atoms with van der Waals surface area (Å²) >= 11 is 0. The molecule has 0 bridgehead atoms. The van der Waals surface area contributed by atoms with Crippen molar-refractivity contribution < 1.29 is 9.59 Å². The van der Waals surface area contributed by atoms with Gasteiger partial charge in [-0.2, -0.15) is 0 Å². The van der Waals surface area contributed by atoms with Crippen molar-refractivity contribution >= 4 is 11.8 Å². The van der Waals surface area contributed by atoms with Crippen LogP contribution in [-0.4, -0.2) is 34.3 Å². The first-order valence-corrected chi connectivity index (χ1v) is 7.44. The smallest absolute Gasteiger partial charge is 0.249 e. The van der Waals surface area contributed by atoms with E-state index in [1.807, 2.05) is 11.8 Å². The van der Waals surface area contributed by atoms with Crippen molar-refractivity contribution in [2.24, 2.45) is 0 Å². The van der Waals surface area contributed by atoms with Crippen LogP contribution in [0.5, 0.6) is 0 Å². The minimum absolute atomic E-state index is 0.0217. The first-order chi connectivity index (χ1) is 9.14. The Morgan fingerprint density at radius 1 is 1.16 bits per heavy atom. The van der Waals surface area contributed by atoms with Crippen LogP contribution >= 0.6 is 0 Å². The zero-order valence-electron chi connectivity index (χ0n) is 11.5. The summed E-state index contributed by atoms with van der Waals surface area (Å²) in [5.74, 6) is 0.182. The zero-order valence-corrected chi connectivity index (χ0v) is 11.5. The molecule has 3 rings (SSSR count). The molecule has 2 amide bonds. The summed E-state index contributed by atoms with van der Waals surface area (Å²) < 4.78 is 0. The zero-order chi connectivity index (χ0) is 13.5. The summed E-state index contributed by atoms with van der Waals surface area (Å²) in [4.78, 5) is 27.0. The fourth-order valence-corrected chi connectivity index (χ4v) is 3.75. The third kappa shape index (κ3) is 1.97. The number of hydrogen-bond donors (Lipinski definition) is 1. The lowest BCUT2D eigenvalue weighted by Gasteiger charge is -2.48. The van der Waals surface area contributed by atoms with Gasteiger partial charge in [0.15, 0.2) is 0 Å². The second-order valence-electron chi connectivity index (χ2n) is 6.12. The molecule has 19 heavy (non-hydrogen) atoms. The van der Waals surface area contributed by atoms with Crippen LogP contribution in [0.25, 0.3) is 0 Å². The van der Waals surface area contributed by atoms with E-state index in [1.54, 1.807) is 0 Å². The summed E-state index contributed by atoms with van der Waals surface area (Å²) in [5, 5.41) is 3.03. The van der Waals surface area contributed by atoms with Gasteiger partial charge < -0.3 is 10.2 Å². The number of hydrogen-bond acceptors (Lipinski definition) is 2. The van der Waals surface area contributed by atoms with E-state index in [1.165, 1.54) is 6.42 Å². The van der Waals surface area contributed by atoms with E-state index in [9.17, 15) is 9.59 Å². The van der Waals surface area contributed by atoms with E-state index < -0.39 is 5.54 Å². The molecule has 1 unspecified atom stereocenters. The molecule has 4 heteroatoms. The maximum absolute atomic E-state index is 12.9. The highest BCUT2D eigenvalue weighted by molar-refractivity contribution is 6.00. The minimum atomic E-state index is -0.593. The molecule has 1 saturated heterocycles. The number of nitrogens with zero attached hydrogens (tertiary/aromatic N) is 1. The number of carbonyl (C=O) groups excluding carboxylic acids is 2. The van der Waals surface area contributed by atoms with E-state index >= 15 is 0 Å². The first-order valence-electron chi connectivity index (χ1n) is 7.44. The van der Waals surface area contributed by atoms with E-state index in [4.69, 9.17) is 0 Å². The number of carbonyl (C=O) groups is 2. The van der Waals surface area contributed by atoms with Crippen LogP contribution < -0.4 is 5.32 Å². The van der Waals surface area contributed by atoms with Gasteiger partial charge in [-0.3, -0.25) is 9.59 Å². The molecule has 1 aliphatic heterocycles. The second kappa shape index (κ2) is 4.66. The fraction of sp³-hybridized carbons (Fsp3) is 0.733.